The fourth-order valence-electron chi connectivity index (χ4n) is 1.34. The van der Waals surface area contributed by atoms with Gasteiger partial charge in [0.15, 0.2) is 0 Å². The van der Waals surface area contributed by atoms with Gasteiger partial charge in [-0.25, -0.2) is 4.98 Å². The Balaban J connectivity index is 2.91. The van der Waals surface area contributed by atoms with Crippen LogP contribution in [0.4, 0.5) is 11.8 Å². The van der Waals surface area contributed by atoms with E-state index in [0.29, 0.717) is 17.5 Å². The van der Waals surface area contributed by atoms with Crippen LogP contribution in [-0.2, 0) is 0 Å². The molecule has 0 radical (unpaired) electrons. The first-order valence-corrected chi connectivity index (χ1v) is 5.39. The van der Waals surface area contributed by atoms with Crippen LogP contribution in [0.1, 0.15) is 13.8 Å². The molecule has 0 aliphatic rings. The molecule has 5 nitrogen and oxygen atoms in total. The molecule has 1 rings (SSSR count). The first-order valence-electron chi connectivity index (χ1n) is 5.01. The first-order chi connectivity index (χ1) is 7.56. The molecule has 0 bridgehead atoms. The van der Waals surface area contributed by atoms with Crippen LogP contribution in [0.2, 0.25) is 5.15 Å². The largest absolute Gasteiger partial charge is 0.368 e. The van der Waals surface area contributed by atoms with Crippen LogP contribution in [0.15, 0.2) is 6.07 Å². The van der Waals surface area contributed by atoms with Gasteiger partial charge in [0.1, 0.15) is 11.0 Å². The van der Waals surface area contributed by atoms with Gasteiger partial charge in [0.05, 0.1) is 12.0 Å². The zero-order valence-corrected chi connectivity index (χ0v) is 10.1. The zero-order valence-electron chi connectivity index (χ0n) is 9.31. The highest BCUT2D eigenvalue weighted by Gasteiger charge is 2.11. The van der Waals surface area contributed by atoms with Crippen molar-refractivity contribution in [1.82, 2.24) is 9.97 Å². The molecule has 1 aromatic heterocycles. The Hall–Kier alpha value is -1.54. The lowest BCUT2D eigenvalue weighted by Crippen LogP contribution is -2.28. The number of nitrogens with zero attached hydrogens (tertiary/aromatic N) is 4. The normalized spacial score (nSPS) is 11.9. The number of anilines is 2. The lowest BCUT2D eigenvalue weighted by molar-refractivity contribution is 0.679. The Kier molecular flexibility index (Phi) is 4.32. The topological polar surface area (TPSA) is 78.8 Å². The molecule has 0 fully saturated rings. The number of aromatic nitrogens is 2. The van der Waals surface area contributed by atoms with Gasteiger partial charge in [0, 0.05) is 19.2 Å². The van der Waals surface area contributed by atoms with Crippen LogP contribution in [0.3, 0.4) is 0 Å². The molecule has 2 N–H and O–H groups in total. The van der Waals surface area contributed by atoms with Crippen molar-refractivity contribution in [1.29, 1.82) is 5.26 Å². The molecule has 16 heavy (non-hydrogen) atoms. The lowest BCUT2D eigenvalue weighted by atomic mass is 10.2. The van der Waals surface area contributed by atoms with Crippen LogP contribution in [-0.4, -0.2) is 23.1 Å². The van der Waals surface area contributed by atoms with E-state index in [1.165, 1.54) is 0 Å². The molecule has 0 aliphatic carbocycles. The van der Waals surface area contributed by atoms with Crippen molar-refractivity contribution in [3.63, 3.8) is 0 Å². The lowest BCUT2D eigenvalue weighted by Gasteiger charge is -2.23. The molecule has 86 valence electrons. The van der Waals surface area contributed by atoms with Crippen molar-refractivity contribution < 1.29 is 0 Å². The average Bonchev–Trinajstić information content (AvgIpc) is 2.24. The molecule has 0 aromatic carbocycles. The van der Waals surface area contributed by atoms with Crippen LogP contribution in [0.25, 0.3) is 0 Å². The van der Waals surface area contributed by atoms with E-state index in [-0.39, 0.29) is 11.9 Å². The average molecular weight is 240 g/mol. The standard InChI is InChI=1S/C10H14ClN5/c1-3-16(6-7(2)5-12)9-4-8(11)14-10(13)15-9/h4,7H,3,6H2,1-2H3,(H2,13,14,15). The van der Waals surface area contributed by atoms with Gasteiger partial charge >= 0.3 is 0 Å². The van der Waals surface area contributed by atoms with Gasteiger partial charge in [-0.15, -0.1) is 0 Å². The second-order valence-corrected chi connectivity index (χ2v) is 3.86. The van der Waals surface area contributed by atoms with Crippen molar-refractivity contribution in [3.8, 4) is 6.07 Å². The molecule has 0 saturated carbocycles. The quantitative estimate of drug-likeness (QED) is 0.809. The SMILES string of the molecule is CCN(CC(C)C#N)c1cc(Cl)nc(N)n1. The Morgan fingerprint density at radius 2 is 2.31 bits per heavy atom. The number of rotatable bonds is 4. The van der Waals surface area contributed by atoms with Gasteiger partial charge in [-0.1, -0.05) is 11.6 Å². The van der Waals surface area contributed by atoms with E-state index in [2.05, 4.69) is 16.0 Å². The highest BCUT2D eigenvalue weighted by atomic mass is 35.5. The van der Waals surface area contributed by atoms with Crippen molar-refractivity contribution in [2.45, 2.75) is 13.8 Å². The second kappa shape index (κ2) is 5.52. The molecular weight excluding hydrogens is 226 g/mol. The van der Waals surface area contributed by atoms with Gasteiger partial charge < -0.3 is 10.6 Å². The molecule has 1 heterocycles. The maximum Gasteiger partial charge on any atom is 0.223 e. The van der Waals surface area contributed by atoms with E-state index in [1.807, 2.05) is 18.7 Å². The number of hydrogen-bond donors (Lipinski definition) is 1. The summed E-state index contributed by atoms with van der Waals surface area (Å²) >= 11 is 5.80. The molecule has 0 saturated heterocycles. The summed E-state index contributed by atoms with van der Waals surface area (Å²) in [7, 11) is 0. The summed E-state index contributed by atoms with van der Waals surface area (Å²) in [5.74, 6) is 0.725. The summed E-state index contributed by atoms with van der Waals surface area (Å²) in [6, 6.07) is 3.82. The predicted octanol–water partition coefficient (Wildman–Crippen LogP) is 1.70. The number of nitrogen functional groups attached to an aromatic ring is 1. The highest BCUT2D eigenvalue weighted by Crippen LogP contribution is 2.17. The van der Waals surface area contributed by atoms with E-state index in [9.17, 15) is 0 Å². The number of halogens is 1. The summed E-state index contributed by atoms with van der Waals surface area (Å²) in [6.07, 6.45) is 0. The van der Waals surface area contributed by atoms with Crippen LogP contribution in [0.5, 0.6) is 0 Å². The molecule has 6 heteroatoms. The third-order valence-corrected chi connectivity index (χ3v) is 2.31. The maximum absolute atomic E-state index is 8.78. The van der Waals surface area contributed by atoms with Crippen LogP contribution < -0.4 is 10.6 Å². The van der Waals surface area contributed by atoms with Crippen LogP contribution in [0, 0.1) is 17.2 Å². The van der Waals surface area contributed by atoms with Crippen molar-refractivity contribution >= 4 is 23.4 Å². The fraction of sp³-hybridized carbons (Fsp3) is 0.500. The third kappa shape index (κ3) is 3.24. The summed E-state index contributed by atoms with van der Waals surface area (Å²) in [5.41, 5.74) is 5.52. The summed E-state index contributed by atoms with van der Waals surface area (Å²) < 4.78 is 0. The Morgan fingerprint density at radius 3 is 2.81 bits per heavy atom. The highest BCUT2D eigenvalue weighted by molar-refractivity contribution is 6.29. The minimum Gasteiger partial charge on any atom is -0.368 e. The zero-order chi connectivity index (χ0) is 12.1. The van der Waals surface area contributed by atoms with Crippen molar-refractivity contribution in [3.05, 3.63) is 11.2 Å². The minimum atomic E-state index is -0.0742. The third-order valence-electron chi connectivity index (χ3n) is 2.12. The Labute approximate surface area is 99.9 Å². The molecule has 1 aromatic rings. The van der Waals surface area contributed by atoms with E-state index in [0.717, 1.165) is 6.54 Å². The van der Waals surface area contributed by atoms with Gasteiger partial charge in [-0.05, 0) is 13.8 Å². The summed E-state index contributed by atoms with van der Waals surface area (Å²) in [4.78, 5) is 9.82. The summed E-state index contributed by atoms with van der Waals surface area (Å²) in [5, 5.41) is 9.09. The van der Waals surface area contributed by atoms with Gasteiger partial charge in [0.2, 0.25) is 5.95 Å². The first kappa shape index (κ1) is 12.5. The van der Waals surface area contributed by atoms with Crippen molar-refractivity contribution in [2.75, 3.05) is 23.7 Å². The second-order valence-electron chi connectivity index (χ2n) is 3.48. The van der Waals surface area contributed by atoms with Crippen molar-refractivity contribution in [2.24, 2.45) is 5.92 Å². The van der Waals surface area contributed by atoms with Gasteiger partial charge in [-0.3, -0.25) is 0 Å². The van der Waals surface area contributed by atoms with E-state index < -0.39 is 0 Å². The Morgan fingerprint density at radius 1 is 1.62 bits per heavy atom. The number of nitrogens with two attached hydrogens (primary N) is 1. The number of hydrogen-bond acceptors (Lipinski definition) is 5. The van der Waals surface area contributed by atoms with E-state index in [1.54, 1.807) is 6.07 Å². The molecule has 1 unspecified atom stereocenters. The molecular formula is C10H14ClN5. The van der Waals surface area contributed by atoms with Gasteiger partial charge in [-0.2, -0.15) is 10.2 Å². The smallest absolute Gasteiger partial charge is 0.223 e. The molecule has 0 aliphatic heterocycles. The minimum absolute atomic E-state index is 0.0742. The molecule has 1 atom stereocenters. The number of nitriles is 1. The predicted molar refractivity (Wildman–Crippen MR) is 64.1 cm³/mol. The fourth-order valence-corrected chi connectivity index (χ4v) is 1.53. The molecule has 0 spiro atoms. The monoisotopic (exact) mass is 239 g/mol. The Bertz CT molecular complexity index is 380. The summed E-state index contributed by atoms with van der Waals surface area (Å²) in [6.45, 7) is 5.17. The van der Waals surface area contributed by atoms with Crippen LogP contribution >= 0.6 is 11.6 Å². The van der Waals surface area contributed by atoms with E-state index in [4.69, 9.17) is 22.6 Å². The maximum atomic E-state index is 8.78. The molecule has 0 amide bonds. The van der Waals surface area contributed by atoms with E-state index >= 15 is 0 Å². The van der Waals surface area contributed by atoms with Gasteiger partial charge in [0.25, 0.3) is 0 Å².